The topological polar surface area (TPSA) is 88.8 Å². The molecule has 0 unspecified atom stereocenters. The van der Waals surface area contributed by atoms with Crippen molar-refractivity contribution in [3.05, 3.63) is 24.1 Å². The highest BCUT2D eigenvalue weighted by atomic mass is 16.5. The summed E-state index contributed by atoms with van der Waals surface area (Å²) in [6.07, 6.45) is 1.98. The SMILES string of the molecule is CCN1C(=O)COc2cc(-c3noc(C(=O)N4CCC(C)CC4)n3)ccc21. The van der Waals surface area contributed by atoms with Gasteiger partial charge in [-0.15, -0.1) is 0 Å². The lowest BCUT2D eigenvalue weighted by Gasteiger charge is -2.29. The van der Waals surface area contributed by atoms with E-state index in [1.807, 2.05) is 6.92 Å². The number of hydrogen-bond acceptors (Lipinski definition) is 6. The van der Waals surface area contributed by atoms with E-state index in [2.05, 4.69) is 17.1 Å². The number of anilines is 1. The van der Waals surface area contributed by atoms with Crippen LogP contribution in [0.25, 0.3) is 11.4 Å². The number of nitrogens with zero attached hydrogens (tertiary/aromatic N) is 4. The fraction of sp³-hybridized carbons (Fsp3) is 0.474. The first-order valence-corrected chi connectivity index (χ1v) is 9.27. The first kappa shape index (κ1) is 17.5. The summed E-state index contributed by atoms with van der Waals surface area (Å²) in [6, 6.07) is 5.37. The average molecular weight is 370 g/mol. The first-order valence-electron chi connectivity index (χ1n) is 9.27. The number of fused-ring (bicyclic) bond motifs is 1. The van der Waals surface area contributed by atoms with Gasteiger partial charge in [-0.05, 0) is 43.9 Å². The van der Waals surface area contributed by atoms with Crippen molar-refractivity contribution in [2.75, 3.05) is 31.1 Å². The van der Waals surface area contributed by atoms with Gasteiger partial charge in [-0.2, -0.15) is 4.98 Å². The van der Waals surface area contributed by atoms with Gasteiger partial charge in [0.2, 0.25) is 5.82 Å². The van der Waals surface area contributed by atoms with E-state index in [0.29, 0.717) is 42.7 Å². The van der Waals surface area contributed by atoms with E-state index in [9.17, 15) is 9.59 Å². The lowest BCUT2D eigenvalue weighted by molar-refractivity contribution is -0.121. The number of amides is 2. The molecule has 8 nitrogen and oxygen atoms in total. The van der Waals surface area contributed by atoms with Crippen molar-refractivity contribution in [2.45, 2.75) is 26.7 Å². The van der Waals surface area contributed by atoms with E-state index in [1.165, 1.54) is 0 Å². The molecule has 142 valence electrons. The Morgan fingerprint density at radius 2 is 2.07 bits per heavy atom. The van der Waals surface area contributed by atoms with Gasteiger partial charge in [-0.3, -0.25) is 9.59 Å². The predicted molar refractivity (Wildman–Crippen MR) is 97.6 cm³/mol. The minimum atomic E-state index is -0.224. The molecule has 0 bridgehead atoms. The number of aromatic nitrogens is 2. The monoisotopic (exact) mass is 370 g/mol. The Labute approximate surface area is 157 Å². The van der Waals surface area contributed by atoms with Crippen molar-refractivity contribution in [2.24, 2.45) is 5.92 Å². The van der Waals surface area contributed by atoms with Crippen molar-refractivity contribution in [1.82, 2.24) is 15.0 Å². The van der Waals surface area contributed by atoms with Gasteiger partial charge in [0.25, 0.3) is 5.91 Å². The minimum absolute atomic E-state index is 0.00329. The molecule has 3 heterocycles. The summed E-state index contributed by atoms with van der Waals surface area (Å²) in [5.74, 6) is 1.27. The third kappa shape index (κ3) is 3.27. The molecule has 1 aromatic carbocycles. The van der Waals surface area contributed by atoms with Crippen LogP contribution in [0.3, 0.4) is 0 Å². The summed E-state index contributed by atoms with van der Waals surface area (Å²) in [4.78, 5) is 32.2. The van der Waals surface area contributed by atoms with Crippen molar-refractivity contribution in [3.63, 3.8) is 0 Å². The van der Waals surface area contributed by atoms with Crippen LogP contribution in [0, 0.1) is 5.92 Å². The molecule has 0 spiro atoms. The molecule has 2 aromatic rings. The second kappa shape index (κ2) is 7.02. The summed E-state index contributed by atoms with van der Waals surface area (Å²) < 4.78 is 10.7. The summed E-state index contributed by atoms with van der Waals surface area (Å²) >= 11 is 0. The minimum Gasteiger partial charge on any atom is -0.482 e. The quantitative estimate of drug-likeness (QED) is 0.824. The Morgan fingerprint density at radius 3 is 2.81 bits per heavy atom. The van der Waals surface area contributed by atoms with Gasteiger partial charge in [-0.25, -0.2) is 0 Å². The molecule has 1 aromatic heterocycles. The Balaban J connectivity index is 1.55. The van der Waals surface area contributed by atoms with Crippen LogP contribution in [0.5, 0.6) is 5.75 Å². The molecular formula is C19H22N4O4. The summed E-state index contributed by atoms with van der Waals surface area (Å²) in [7, 11) is 0. The zero-order valence-corrected chi connectivity index (χ0v) is 15.5. The molecule has 4 rings (SSSR count). The second-order valence-electron chi connectivity index (χ2n) is 7.01. The molecule has 8 heteroatoms. The van der Waals surface area contributed by atoms with Crippen molar-refractivity contribution >= 4 is 17.5 Å². The van der Waals surface area contributed by atoms with E-state index >= 15 is 0 Å². The molecule has 0 saturated carbocycles. The van der Waals surface area contributed by atoms with Crippen LogP contribution in [-0.4, -0.2) is 53.1 Å². The van der Waals surface area contributed by atoms with Gasteiger partial charge in [0.05, 0.1) is 5.69 Å². The molecule has 1 saturated heterocycles. The molecule has 2 aliphatic rings. The van der Waals surface area contributed by atoms with Gasteiger partial charge >= 0.3 is 11.8 Å². The first-order chi connectivity index (χ1) is 13.1. The summed E-state index contributed by atoms with van der Waals surface area (Å²) in [6.45, 7) is 6.12. The van der Waals surface area contributed by atoms with Crippen LogP contribution in [0.1, 0.15) is 37.4 Å². The van der Waals surface area contributed by atoms with E-state index < -0.39 is 0 Å². The number of carbonyl (C=O) groups is 2. The number of piperidine rings is 1. The number of hydrogen-bond donors (Lipinski definition) is 0. The summed E-state index contributed by atoms with van der Waals surface area (Å²) in [5, 5.41) is 3.95. The lowest BCUT2D eigenvalue weighted by Crippen LogP contribution is -2.38. The highest BCUT2D eigenvalue weighted by Gasteiger charge is 2.27. The van der Waals surface area contributed by atoms with E-state index in [4.69, 9.17) is 9.26 Å². The number of ether oxygens (including phenoxy) is 1. The molecular weight excluding hydrogens is 348 g/mol. The van der Waals surface area contributed by atoms with Crippen LogP contribution in [0.4, 0.5) is 5.69 Å². The molecule has 27 heavy (non-hydrogen) atoms. The second-order valence-corrected chi connectivity index (χ2v) is 7.01. The number of rotatable bonds is 3. The Bertz CT molecular complexity index is 870. The van der Waals surface area contributed by atoms with Crippen LogP contribution in [0.2, 0.25) is 0 Å². The van der Waals surface area contributed by atoms with Crippen molar-refractivity contribution in [3.8, 4) is 17.1 Å². The van der Waals surface area contributed by atoms with Crippen LogP contribution < -0.4 is 9.64 Å². The van der Waals surface area contributed by atoms with Crippen LogP contribution in [-0.2, 0) is 4.79 Å². The Kier molecular flexibility index (Phi) is 4.55. The predicted octanol–water partition coefficient (Wildman–Crippen LogP) is 2.35. The average Bonchev–Trinajstić information content (AvgIpc) is 3.18. The fourth-order valence-electron chi connectivity index (χ4n) is 3.46. The normalized spacial score (nSPS) is 17.6. The largest absolute Gasteiger partial charge is 0.482 e. The lowest BCUT2D eigenvalue weighted by atomic mass is 9.99. The third-order valence-electron chi connectivity index (χ3n) is 5.16. The van der Waals surface area contributed by atoms with Crippen LogP contribution in [0.15, 0.2) is 22.7 Å². The van der Waals surface area contributed by atoms with E-state index in [1.54, 1.807) is 28.0 Å². The molecule has 0 radical (unpaired) electrons. The van der Waals surface area contributed by atoms with Gasteiger partial charge in [0.15, 0.2) is 6.61 Å². The maximum absolute atomic E-state index is 12.6. The zero-order valence-electron chi connectivity index (χ0n) is 15.5. The smallest absolute Gasteiger partial charge is 0.316 e. The Hall–Kier alpha value is -2.90. The van der Waals surface area contributed by atoms with Crippen molar-refractivity contribution in [1.29, 1.82) is 0 Å². The number of likely N-dealkylation sites (tertiary alicyclic amines) is 1. The molecule has 0 N–H and O–H groups in total. The zero-order chi connectivity index (χ0) is 19.0. The van der Waals surface area contributed by atoms with Gasteiger partial charge in [-0.1, -0.05) is 12.1 Å². The molecule has 0 atom stereocenters. The maximum atomic E-state index is 12.6. The van der Waals surface area contributed by atoms with Gasteiger partial charge in [0.1, 0.15) is 5.75 Å². The highest BCUT2D eigenvalue weighted by Crippen LogP contribution is 2.35. The van der Waals surface area contributed by atoms with Gasteiger partial charge in [0, 0.05) is 25.2 Å². The van der Waals surface area contributed by atoms with Crippen molar-refractivity contribution < 1.29 is 18.8 Å². The molecule has 2 amide bonds. The number of carbonyl (C=O) groups excluding carboxylic acids is 2. The van der Waals surface area contributed by atoms with E-state index in [0.717, 1.165) is 18.5 Å². The van der Waals surface area contributed by atoms with Gasteiger partial charge < -0.3 is 19.1 Å². The molecule has 0 aliphatic carbocycles. The molecule has 2 aliphatic heterocycles. The highest BCUT2D eigenvalue weighted by molar-refractivity contribution is 5.98. The van der Waals surface area contributed by atoms with Crippen LogP contribution >= 0.6 is 0 Å². The molecule has 1 fully saturated rings. The standard InChI is InChI=1S/C19H22N4O4/c1-3-23-14-5-4-13(10-15(14)26-11-16(23)24)17-20-18(27-21-17)19(25)22-8-6-12(2)7-9-22/h4-5,10,12H,3,6-9,11H2,1-2H3. The number of benzene rings is 1. The number of likely N-dealkylation sites (N-methyl/N-ethyl adjacent to an activating group) is 1. The summed E-state index contributed by atoms with van der Waals surface area (Å²) in [5.41, 5.74) is 1.40. The van der Waals surface area contributed by atoms with E-state index in [-0.39, 0.29) is 24.3 Å². The third-order valence-corrected chi connectivity index (χ3v) is 5.16. The Morgan fingerprint density at radius 1 is 1.30 bits per heavy atom. The fourth-order valence-corrected chi connectivity index (χ4v) is 3.46. The maximum Gasteiger partial charge on any atom is 0.316 e.